The zero-order chi connectivity index (χ0) is 14.8. The first kappa shape index (κ1) is 14.3. The summed E-state index contributed by atoms with van der Waals surface area (Å²) in [6.07, 6.45) is 5.29. The van der Waals surface area contributed by atoms with Gasteiger partial charge in [0, 0.05) is 51.8 Å². The molecular formula is C15H22N4O2. The number of piperidine rings is 1. The molecule has 3 heterocycles. The van der Waals surface area contributed by atoms with E-state index in [2.05, 4.69) is 14.9 Å². The summed E-state index contributed by atoms with van der Waals surface area (Å²) in [6.45, 7) is 2.44. The molecule has 114 valence electrons. The highest BCUT2D eigenvalue weighted by molar-refractivity contribution is 5.79. The summed E-state index contributed by atoms with van der Waals surface area (Å²) in [5, 5.41) is 0. The van der Waals surface area contributed by atoms with Gasteiger partial charge in [0.2, 0.25) is 5.91 Å². The number of amides is 1. The molecule has 0 bridgehead atoms. The maximum Gasteiger partial charge on any atom is 0.225 e. The Morgan fingerprint density at radius 2 is 2.29 bits per heavy atom. The standard InChI is InChI=1S/C15H22N4O2/c1-18(2)15(20)11-5-8-21-13-4-7-19(9-12(11)13)14-3-6-16-10-17-14/h3,6,10-13H,4-5,7-9H2,1-2H3/t11-,12+,13-/m1/s1. The number of fused-ring (bicyclic) bond motifs is 1. The van der Waals surface area contributed by atoms with Gasteiger partial charge in [-0.05, 0) is 18.9 Å². The number of carbonyl (C=O) groups excluding carboxylic acids is 1. The lowest BCUT2D eigenvalue weighted by Crippen LogP contribution is -2.53. The summed E-state index contributed by atoms with van der Waals surface area (Å²) < 4.78 is 5.90. The fraction of sp³-hybridized carbons (Fsp3) is 0.667. The molecule has 2 saturated heterocycles. The average Bonchev–Trinajstić information content (AvgIpc) is 2.54. The third-order valence-electron chi connectivity index (χ3n) is 4.52. The van der Waals surface area contributed by atoms with Gasteiger partial charge in [0.25, 0.3) is 0 Å². The lowest BCUT2D eigenvalue weighted by Gasteiger charge is -2.45. The molecule has 6 nitrogen and oxygen atoms in total. The first-order valence-corrected chi connectivity index (χ1v) is 7.50. The first-order valence-electron chi connectivity index (χ1n) is 7.50. The molecule has 1 aromatic rings. The molecule has 0 aliphatic carbocycles. The average molecular weight is 290 g/mol. The number of hydrogen-bond acceptors (Lipinski definition) is 5. The van der Waals surface area contributed by atoms with Crippen LogP contribution < -0.4 is 4.90 Å². The number of anilines is 1. The van der Waals surface area contributed by atoms with Crippen molar-refractivity contribution < 1.29 is 9.53 Å². The largest absolute Gasteiger partial charge is 0.378 e. The van der Waals surface area contributed by atoms with Crippen LogP contribution in [0.25, 0.3) is 0 Å². The predicted molar refractivity (Wildman–Crippen MR) is 78.9 cm³/mol. The SMILES string of the molecule is CN(C)C(=O)[C@@H]1CCO[C@@H]2CCN(c3ccncn3)C[C@H]21. The van der Waals surface area contributed by atoms with Crippen molar-refractivity contribution in [2.75, 3.05) is 38.7 Å². The van der Waals surface area contributed by atoms with Gasteiger partial charge >= 0.3 is 0 Å². The quantitative estimate of drug-likeness (QED) is 0.806. The Bertz CT molecular complexity index is 494. The van der Waals surface area contributed by atoms with Crippen molar-refractivity contribution in [2.45, 2.75) is 18.9 Å². The Hall–Kier alpha value is -1.69. The molecule has 21 heavy (non-hydrogen) atoms. The fourth-order valence-electron chi connectivity index (χ4n) is 3.43. The van der Waals surface area contributed by atoms with Crippen LogP contribution in [0.4, 0.5) is 5.82 Å². The summed E-state index contributed by atoms with van der Waals surface area (Å²) >= 11 is 0. The van der Waals surface area contributed by atoms with Crippen LogP contribution in [0.5, 0.6) is 0 Å². The minimum atomic E-state index is 0.0587. The highest BCUT2D eigenvalue weighted by Crippen LogP contribution is 2.35. The number of ether oxygens (including phenoxy) is 1. The van der Waals surface area contributed by atoms with Gasteiger partial charge in [-0.25, -0.2) is 9.97 Å². The van der Waals surface area contributed by atoms with Gasteiger partial charge < -0.3 is 14.5 Å². The fourth-order valence-corrected chi connectivity index (χ4v) is 3.43. The van der Waals surface area contributed by atoms with E-state index in [0.29, 0.717) is 6.61 Å². The lowest BCUT2D eigenvalue weighted by molar-refractivity contribution is -0.144. The predicted octanol–water partition coefficient (Wildman–Crippen LogP) is 0.796. The molecule has 0 N–H and O–H groups in total. The lowest BCUT2D eigenvalue weighted by atomic mass is 9.78. The van der Waals surface area contributed by atoms with E-state index in [-0.39, 0.29) is 23.8 Å². The molecule has 2 aliphatic rings. The smallest absolute Gasteiger partial charge is 0.225 e. The number of aromatic nitrogens is 2. The molecule has 0 aromatic carbocycles. The molecule has 3 rings (SSSR count). The van der Waals surface area contributed by atoms with Gasteiger partial charge in [-0.3, -0.25) is 4.79 Å². The second-order valence-electron chi connectivity index (χ2n) is 6.00. The summed E-state index contributed by atoms with van der Waals surface area (Å²) in [7, 11) is 3.66. The van der Waals surface area contributed by atoms with E-state index >= 15 is 0 Å². The molecule has 0 unspecified atom stereocenters. The minimum absolute atomic E-state index is 0.0587. The van der Waals surface area contributed by atoms with Gasteiger partial charge in [-0.2, -0.15) is 0 Å². The highest BCUT2D eigenvalue weighted by Gasteiger charge is 2.42. The summed E-state index contributed by atoms with van der Waals surface area (Å²) in [6, 6.07) is 1.92. The molecule has 2 aliphatic heterocycles. The topological polar surface area (TPSA) is 58.6 Å². The number of rotatable bonds is 2. The van der Waals surface area contributed by atoms with E-state index in [0.717, 1.165) is 31.7 Å². The van der Waals surface area contributed by atoms with Crippen LogP contribution in [0, 0.1) is 11.8 Å². The van der Waals surface area contributed by atoms with Crippen LogP contribution >= 0.6 is 0 Å². The number of hydrogen-bond donors (Lipinski definition) is 0. The van der Waals surface area contributed by atoms with Crippen molar-refractivity contribution in [3.63, 3.8) is 0 Å². The van der Waals surface area contributed by atoms with E-state index in [4.69, 9.17) is 4.74 Å². The zero-order valence-corrected chi connectivity index (χ0v) is 12.6. The van der Waals surface area contributed by atoms with Gasteiger partial charge in [0.05, 0.1) is 6.10 Å². The van der Waals surface area contributed by atoms with Crippen molar-refractivity contribution in [1.82, 2.24) is 14.9 Å². The number of carbonyl (C=O) groups is 1. The van der Waals surface area contributed by atoms with Crippen LogP contribution in [0.1, 0.15) is 12.8 Å². The van der Waals surface area contributed by atoms with Crippen molar-refractivity contribution >= 4 is 11.7 Å². The Morgan fingerprint density at radius 3 is 3.00 bits per heavy atom. The first-order chi connectivity index (χ1) is 10.2. The maximum atomic E-state index is 12.4. The molecular weight excluding hydrogens is 268 g/mol. The van der Waals surface area contributed by atoms with E-state index in [9.17, 15) is 4.79 Å². The summed E-state index contributed by atoms with van der Waals surface area (Å²) in [5.74, 6) is 1.46. The minimum Gasteiger partial charge on any atom is -0.378 e. The van der Waals surface area contributed by atoms with Crippen LogP contribution in [0.15, 0.2) is 18.6 Å². The molecule has 3 atom stereocenters. The Morgan fingerprint density at radius 1 is 1.43 bits per heavy atom. The van der Waals surface area contributed by atoms with Crippen molar-refractivity contribution in [1.29, 1.82) is 0 Å². The molecule has 6 heteroatoms. The third-order valence-corrected chi connectivity index (χ3v) is 4.52. The van der Waals surface area contributed by atoms with Crippen LogP contribution in [0.2, 0.25) is 0 Å². The van der Waals surface area contributed by atoms with E-state index in [1.807, 2.05) is 20.2 Å². The normalized spacial score (nSPS) is 28.9. The summed E-state index contributed by atoms with van der Waals surface area (Å²) in [5.41, 5.74) is 0. The van der Waals surface area contributed by atoms with Crippen LogP contribution in [-0.2, 0) is 9.53 Å². The van der Waals surface area contributed by atoms with E-state index < -0.39 is 0 Å². The Kier molecular flexibility index (Phi) is 4.05. The van der Waals surface area contributed by atoms with E-state index in [1.54, 1.807) is 17.4 Å². The van der Waals surface area contributed by atoms with Crippen molar-refractivity contribution in [3.05, 3.63) is 18.6 Å². The van der Waals surface area contributed by atoms with Gasteiger partial charge in [-0.1, -0.05) is 0 Å². The molecule has 2 fully saturated rings. The number of nitrogens with zero attached hydrogens (tertiary/aromatic N) is 4. The summed E-state index contributed by atoms with van der Waals surface area (Å²) in [4.78, 5) is 24.7. The zero-order valence-electron chi connectivity index (χ0n) is 12.6. The van der Waals surface area contributed by atoms with Gasteiger partial charge in [0.15, 0.2) is 0 Å². The van der Waals surface area contributed by atoms with Crippen LogP contribution in [-0.4, -0.2) is 60.7 Å². The molecule has 1 aromatic heterocycles. The molecule has 1 amide bonds. The highest BCUT2D eigenvalue weighted by atomic mass is 16.5. The molecule has 0 radical (unpaired) electrons. The monoisotopic (exact) mass is 290 g/mol. The van der Waals surface area contributed by atoms with Crippen molar-refractivity contribution in [3.8, 4) is 0 Å². The Labute approximate surface area is 125 Å². The maximum absolute atomic E-state index is 12.4. The van der Waals surface area contributed by atoms with Gasteiger partial charge in [-0.15, -0.1) is 0 Å². The second-order valence-corrected chi connectivity index (χ2v) is 6.00. The third kappa shape index (κ3) is 2.85. The van der Waals surface area contributed by atoms with Gasteiger partial charge in [0.1, 0.15) is 12.1 Å². The van der Waals surface area contributed by atoms with E-state index in [1.165, 1.54) is 0 Å². The molecule has 0 saturated carbocycles. The van der Waals surface area contributed by atoms with Crippen molar-refractivity contribution in [2.24, 2.45) is 11.8 Å². The van der Waals surface area contributed by atoms with Crippen LogP contribution in [0.3, 0.4) is 0 Å². The Balaban J connectivity index is 1.77. The molecule has 0 spiro atoms. The second kappa shape index (κ2) is 5.97.